The molecule has 1 aliphatic heterocycles. The molecule has 0 saturated carbocycles. The van der Waals surface area contributed by atoms with Crippen LogP contribution in [-0.4, -0.2) is 26.7 Å². The fraction of sp³-hybridized carbons (Fsp3) is 0.667. The highest BCUT2D eigenvalue weighted by atomic mass is 32.2. The van der Waals surface area contributed by atoms with Crippen molar-refractivity contribution in [2.75, 3.05) is 5.75 Å². The van der Waals surface area contributed by atoms with Gasteiger partial charge in [0.05, 0.1) is 12.2 Å². The standard InChI is InChI=1S/C12H20N4S/c1-8(2)11-7-17-12(14-11)13-5-10-6-16(4)15-9(10)3/h6,8,11H,5,7H2,1-4H3,(H,13,14)/t11-/m1/s1. The molecule has 1 aromatic heterocycles. The van der Waals surface area contributed by atoms with Crippen LogP contribution in [0.2, 0.25) is 0 Å². The summed E-state index contributed by atoms with van der Waals surface area (Å²) in [6, 6.07) is 0.564. The molecule has 0 spiro atoms. The van der Waals surface area contributed by atoms with E-state index in [4.69, 9.17) is 0 Å². The quantitative estimate of drug-likeness (QED) is 0.894. The van der Waals surface area contributed by atoms with Crippen LogP contribution in [0.3, 0.4) is 0 Å². The zero-order valence-electron chi connectivity index (χ0n) is 10.9. The summed E-state index contributed by atoms with van der Waals surface area (Å²) in [4.78, 5) is 4.62. The second-order valence-corrected chi connectivity index (χ2v) is 5.85. The molecule has 4 nitrogen and oxygen atoms in total. The van der Waals surface area contributed by atoms with Gasteiger partial charge in [0.1, 0.15) is 0 Å². The predicted molar refractivity (Wildman–Crippen MR) is 73.3 cm³/mol. The molecule has 0 bridgehead atoms. The summed E-state index contributed by atoms with van der Waals surface area (Å²) in [5.41, 5.74) is 2.27. The maximum absolute atomic E-state index is 4.62. The lowest BCUT2D eigenvalue weighted by atomic mass is 10.1. The molecule has 1 saturated heterocycles. The van der Waals surface area contributed by atoms with Crippen molar-refractivity contribution in [3.8, 4) is 0 Å². The Labute approximate surface area is 107 Å². The van der Waals surface area contributed by atoms with Crippen molar-refractivity contribution in [3.63, 3.8) is 0 Å². The molecule has 0 amide bonds. The largest absolute Gasteiger partial charge is 0.361 e. The number of nitrogens with one attached hydrogen (secondary N) is 1. The number of amidine groups is 1. The number of rotatable bonds is 3. The summed E-state index contributed by atoms with van der Waals surface area (Å²) >= 11 is 1.82. The molecule has 17 heavy (non-hydrogen) atoms. The topological polar surface area (TPSA) is 42.2 Å². The Morgan fingerprint density at radius 1 is 1.65 bits per heavy atom. The molecule has 94 valence electrons. The number of aromatic nitrogens is 2. The minimum absolute atomic E-state index is 0.564. The Hall–Kier alpha value is -0.970. The third kappa shape index (κ3) is 3.03. The lowest BCUT2D eigenvalue weighted by Crippen LogP contribution is -2.31. The zero-order chi connectivity index (χ0) is 12.4. The van der Waals surface area contributed by atoms with Crippen molar-refractivity contribution in [3.05, 3.63) is 17.5 Å². The van der Waals surface area contributed by atoms with Crippen molar-refractivity contribution in [2.45, 2.75) is 33.4 Å². The van der Waals surface area contributed by atoms with Crippen molar-refractivity contribution in [1.29, 1.82) is 0 Å². The highest BCUT2D eigenvalue weighted by Crippen LogP contribution is 2.19. The van der Waals surface area contributed by atoms with Crippen LogP contribution in [0.5, 0.6) is 0 Å². The van der Waals surface area contributed by atoms with Crippen LogP contribution in [0.4, 0.5) is 0 Å². The Morgan fingerprint density at radius 3 is 2.94 bits per heavy atom. The van der Waals surface area contributed by atoms with E-state index in [1.54, 1.807) is 0 Å². The maximum Gasteiger partial charge on any atom is 0.157 e. The van der Waals surface area contributed by atoms with Crippen LogP contribution in [0, 0.1) is 12.8 Å². The maximum atomic E-state index is 4.62. The second-order valence-electron chi connectivity index (χ2n) is 4.84. The van der Waals surface area contributed by atoms with Gasteiger partial charge in [0.15, 0.2) is 5.17 Å². The number of nitrogens with zero attached hydrogens (tertiary/aromatic N) is 3. The highest BCUT2D eigenvalue weighted by Gasteiger charge is 2.22. The number of aliphatic imine (C=N–C) groups is 1. The average molecular weight is 252 g/mol. The fourth-order valence-corrected chi connectivity index (χ4v) is 3.02. The number of hydrogen-bond donors (Lipinski definition) is 1. The van der Waals surface area contributed by atoms with E-state index < -0.39 is 0 Å². The Balaban J connectivity index is 1.96. The van der Waals surface area contributed by atoms with Gasteiger partial charge in [-0.1, -0.05) is 25.6 Å². The Kier molecular flexibility index (Phi) is 3.76. The van der Waals surface area contributed by atoms with E-state index >= 15 is 0 Å². The van der Waals surface area contributed by atoms with Crippen LogP contribution >= 0.6 is 11.8 Å². The molecule has 0 unspecified atom stereocenters. The summed E-state index contributed by atoms with van der Waals surface area (Å²) in [5, 5.41) is 8.87. The highest BCUT2D eigenvalue weighted by molar-refractivity contribution is 8.14. The van der Waals surface area contributed by atoms with Crippen molar-refractivity contribution >= 4 is 16.9 Å². The van der Waals surface area contributed by atoms with Crippen LogP contribution < -0.4 is 5.32 Å². The van der Waals surface area contributed by atoms with Crippen LogP contribution in [-0.2, 0) is 13.6 Å². The molecular weight excluding hydrogens is 232 g/mol. The molecule has 2 rings (SSSR count). The summed E-state index contributed by atoms with van der Waals surface area (Å²) in [6.45, 7) is 7.24. The van der Waals surface area contributed by atoms with Gasteiger partial charge in [-0.3, -0.25) is 9.67 Å². The molecule has 1 fully saturated rings. The molecule has 2 heterocycles. The molecular formula is C12H20N4S. The van der Waals surface area contributed by atoms with E-state index in [1.807, 2.05) is 36.6 Å². The van der Waals surface area contributed by atoms with Gasteiger partial charge in [-0.15, -0.1) is 0 Å². The van der Waals surface area contributed by atoms with Gasteiger partial charge in [-0.05, 0) is 12.8 Å². The van der Waals surface area contributed by atoms with E-state index in [0.717, 1.165) is 23.2 Å². The summed E-state index contributed by atoms with van der Waals surface area (Å²) in [7, 11) is 1.95. The minimum atomic E-state index is 0.564. The van der Waals surface area contributed by atoms with Gasteiger partial charge in [0.25, 0.3) is 0 Å². The number of aryl methyl sites for hydroxylation is 2. The van der Waals surface area contributed by atoms with E-state index in [-0.39, 0.29) is 0 Å². The third-order valence-electron chi connectivity index (χ3n) is 3.02. The van der Waals surface area contributed by atoms with Gasteiger partial charge in [0.2, 0.25) is 0 Å². The van der Waals surface area contributed by atoms with Crippen LogP contribution in [0.15, 0.2) is 11.2 Å². The van der Waals surface area contributed by atoms with Gasteiger partial charge >= 0.3 is 0 Å². The molecule has 1 aromatic rings. The molecule has 0 radical (unpaired) electrons. The molecule has 1 aliphatic rings. The first-order valence-corrected chi connectivity index (χ1v) is 6.97. The van der Waals surface area contributed by atoms with E-state index in [9.17, 15) is 0 Å². The third-order valence-corrected chi connectivity index (χ3v) is 4.07. The normalized spacial score (nSPS) is 22.4. The van der Waals surface area contributed by atoms with Gasteiger partial charge < -0.3 is 5.32 Å². The van der Waals surface area contributed by atoms with Gasteiger partial charge in [-0.25, -0.2) is 0 Å². The summed E-state index contributed by atoms with van der Waals surface area (Å²) in [5.74, 6) is 1.79. The second kappa shape index (κ2) is 5.12. The van der Waals surface area contributed by atoms with Gasteiger partial charge in [-0.2, -0.15) is 5.10 Å². The number of hydrogen-bond acceptors (Lipinski definition) is 3. The van der Waals surface area contributed by atoms with Crippen LogP contribution in [0.25, 0.3) is 0 Å². The monoisotopic (exact) mass is 252 g/mol. The van der Waals surface area contributed by atoms with Crippen molar-refractivity contribution in [2.24, 2.45) is 18.0 Å². The smallest absolute Gasteiger partial charge is 0.157 e. The van der Waals surface area contributed by atoms with Crippen molar-refractivity contribution < 1.29 is 0 Å². The first-order chi connectivity index (χ1) is 8.06. The van der Waals surface area contributed by atoms with E-state index in [0.29, 0.717) is 12.0 Å². The Bertz CT molecular complexity index is 422. The molecule has 0 aliphatic carbocycles. The lowest BCUT2D eigenvalue weighted by Gasteiger charge is -2.12. The van der Waals surface area contributed by atoms with E-state index in [1.165, 1.54) is 5.56 Å². The SMILES string of the molecule is Cc1nn(C)cc1CN=C1N[C@@H](C(C)C)CS1. The van der Waals surface area contributed by atoms with Gasteiger partial charge in [0, 0.05) is 30.6 Å². The minimum Gasteiger partial charge on any atom is -0.361 e. The fourth-order valence-electron chi connectivity index (χ4n) is 1.82. The Morgan fingerprint density at radius 2 is 2.41 bits per heavy atom. The average Bonchev–Trinajstić information content (AvgIpc) is 2.82. The zero-order valence-corrected chi connectivity index (χ0v) is 11.7. The summed E-state index contributed by atoms with van der Waals surface area (Å²) < 4.78 is 1.84. The number of thioether (sulfide) groups is 1. The van der Waals surface area contributed by atoms with Crippen molar-refractivity contribution in [1.82, 2.24) is 15.1 Å². The molecule has 0 aromatic carbocycles. The molecule has 1 N–H and O–H groups in total. The summed E-state index contributed by atoms with van der Waals surface area (Å²) in [6.07, 6.45) is 2.04. The predicted octanol–water partition coefficient (Wildman–Crippen LogP) is 1.95. The van der Waals surface area contributed by atoms with Crippen LogP contribution in [0.1, 0.15) is 25.1 Å². The lowest BCUT2D eigenvalue weighted by molar-refractivity contribution is 0.503. The first-order valence-electron chi connectivity index (χ1n) is 5.99. The van der Waals surface area contributed by atoms with E-state index in [2.05, 4.69) is 29.3 Å². The first kappa shape index (κ1) is 12.5. The molecule has 1 atom stereocenters. The molecule has 5 heteroatoms.